The Morgan fingerprint density at radius 2 is 2.08 bits per heavy atom. The van der Waals surface area contributed by atoms with Gasteiger partial charge in [-0.3, -0.25) is 4.98 Å². The number of anilines is 1. The minimum absolute atomic E-state index is 0.128. The molecule has 1 aromatic heterocycles. The van der Waals surface area contributed by atoms with Gasteiger partial charge in [0.05, 0.1) is 22.4 Å². The summed E-state index contributed by atoms with van der Waals surface area (Å²) in [6, 6.07) is 1.55. The zero-order valence-corrected chi connectivity index (χ0v) is 8.55. The number of nitrogen functional groups attached to an aromatic ring is 1. The van der Waals surface area contributed by atoms with Crippen LogP contribution in [0, 0.1) is 5.92 Å². The van der Waals surface area contributed by atoms with Gasteiger partial charge in [0.2, 0.25) is 0 Å². The van der Waals surface area contributed by atoms with E-state index in [0.717, 1.165) is 5.69 Å². The van der Waals surface area contributed by atoms with Gasteiger partial charge in [0.25, 0.3) is 0 Å². The maximum atomic E-state index is 5.90. The molecule has 1 heterocycles. The number of hydrogen-bond donors (Lipinski definition) is 2. The van der Waals surface area contributed by atoms with Gasteiger partial charge < -0.3 is 11.5 Å². The Labute approximate surface area is 83.1 Å². The lowest BCUT2D eigenvalue weighted by Gasteiger charge is -2.16. The predicted octanol–water partition coefficient (Wildman–Crippen LogP) is 1.97. The number of nitrogens with zero attached hydrogens (tertiary/aromatic N) is 1. The molecule has 0 aliphatic heterocycles. The lowest BCUT2D eigenvalue weighted by atomic mass is 10.0. The first-order valence-corrected chi connectivity index (χ1v) is 4.56. The molecule has 0 amide bonds. The molecule has 0 aliphatic carbocycles. The van der Waals surface area contributed by atoms with Crippen LogP contribution in [-0.2, 0) is 0 Å². The Balaban J connectivity index is 3.01. The Morgan fingerprint density at radius 1 is 1.46 bits per heavy atom. The van der Waals surface area contributed by atoms with E-state index in [1.54, 1.807) is 12.3 Å². The summed E-state index contributed by atoms with van der Waals surface area (Å²) in [5, 5.41) is 0.539. The molecule has 0 saturated heterocycles. The van der Waals surface area contributed by atoms with Crippen LogP contribution in [-0.4, -0.2) is 4.98 Å². The van der Waals surface area contributed by atoms with E-state index in [9.17, 15) is 0 Å². The van der Waals surface area contributed by atoms with E-state index in [1.165, 1.54) is 0 Å². The normalized spacial score (nSPS) is 13.3. The van der Waals surface area contributed by atoms with Gasteiger partial charge in [-0.2, -0.15) is 0 Å². The summed E-state index contributed by atoms with van der Waals surface area (Å²) in [4.78, 5) is 4.12. The van der Waals surface area contributed by atoms with Crippen LogP contribution in [0.1, 0.15) is 25.6 Å². The average Bonchev–Trinajstić information content (AvgIpc) is 2.03. The molecule has 1 rings (SSSR count). The highest BCUT2D eigenvalue weighted by Gasteiger charge is 2.14. The molecule has 0 radical (unpaired) electrons. The summed E-state index contributed by atoms with van der Waals surface area (Å²) in [5.74, 6) is 0.316. The minimum Gasteiger partial charge on any atom is -0.397 e. The smallest absolute Gasteiger partial charge is 0.0803 e. The number of pyridine rings is 1. The Morgan fingerprint density at radius 3 is 2.54 bits per heavy atom. The average molecular weight is 200 g/mol. The monoisotopic (exact) mass is 199 g/mol. The molecule has 13 heavy (non-hydrogen) atoms. The third-order valence-electron chi connectivity index (χ3n) is 1.95. The maximum absolute atomic E-state index is 5.90. The first-order chi connectivity index (χ1) is 6.02. The van der Waals surface area contributed by atoms with Crippen molar-refractivity contribution in [3.8, 4) is 0 Å². The molecular weight excluding hydrogens is 186 g/mol. The molecule has 1 aromatic rings. The molecule has 4 N–H and O–H groups in total. The van der Waals surface area contributed by atoms with Gasteiger partial charge in [0.15, 0.2) is 0 Å². The summed E-state index contributed by atoms with van der Waals surface area (Å²) in [7, 11) is 0. The van der Waals surface area contributed by atoms with Gasteiger partial charge >= 0.3 is 0 Å². The zero-order chi connectivity index (χ0) is 10.0. The lowest BCUT2D eigenvalue weighted by molar-refractivity contribution is 0.504. The molecule has 0 fully saturated rings. The molecular formula is C9H14ClN3. The summed E-state index contributed by atoms with van der Waals surface area (Å²) in [6.07, 6.45) is 1.56. The number of nitrogens with two attached hydrogens (primary N) is 2. The number of hydrogen-bond acceptors (Lipinski definition) is 3. The molecule has 0 spiro atoms. The third-order valence-corrected chi connectivity index (χ3v) is 2.16. The van der Waals surface area contributed by atoms with E-state index >= 15 is 0 Å². The molecule has 0 aromatic carbocycles. The van der Waals surface area contributed by atoms with Crippen LogP contribution in [0.4, 0.5) is 5.69 Å². The summed E-state index contributed by atoms with van der Waals surface area (Å²) < 4.78 is 0. The largest absolute Gasteiger partial charge is 0.397 e. The van der Waals surface area contributed by atoms with Crippen molar-refractivity contribution in [2.45, 2.75) is 19.9 Å². The summed E-state index contributed by atoms with van der Waals surface area (Å²) >= 11 is 5.72. The van der Waals surface area contributed by atoms with Crippen LogP contribution in [0.25, 0.3) is 0 Å². The van der Waals surface area contributed by atoms with Crippen LogP contribution in [0.5, 0.6) is 0 Å². The summed E-state index contributed by atoms with van der Waals surface area (Å²) in [5.41, 5.74) is 12.9. The van der Waals surface area contributed by atoms with Crippen molar-refractivity contribution in [2.75, 3.05) is 5.73 Å². The van der Waals surface area contributed by atoms with Crippen molar-refractivity contribution < 1.29 is 0 Å². The predicted molar refractivity (Wildman–Crippen MR) is 55.4 cm³/mol. The molecule has 4 heteroatoms. The fraction of sp³-hybridized carbons (Fsp3) is 0.444. The first-order valence-electron chi connectivity index (χ1n) is 4.19. The van der Waals surface area contributed by atoms with Crippen LogP contribution in [0.15, 0.2) is 12.3 Å². The van der Waals surface area contributed by atoms with E-state index in [2.05, 4.69) is 4.98 Å². The molecule has 0 bridgehead atoms. The van der Waals surface area contributed by atoms with E-state index in [1.807, 2.05) is 13.8 Å². The van der Waals surface area contributed by atoms with Gasteiger partial charge in [-0.15, -0.1) is 0 Å². The van der Waals surface area contributed by atoms with Gasteiger partial charge in [-0.05, 0) is 12.0 Å². The van der Waals surface area contributed by atoms with Gasteiger partial charge in [0, 0.05) is 6.20 Å². The SMILES string of the molecule is CC(C)[C@@H](N)c1ncc(Cl)cc1N. The van der Waals surface area contributed by atoms with Crippen molar-refractivity contribution in [2.24, 2.45) is 11.7 Å². The van der Waals surface area contributed by atoms with Gasteiger partial charge in [0.1, 0.15) is 0 Å². The topological polar surface area (TPSA) is 64.9 Å². The van der Waals surface area contributed by atoms with Crippen molar-refractivity contribution in [1.82, 2.24) is 4.98 Å². The fourth-order valence-corrected chi connectivity index (χ4v) is 1.23. The lowest BCUT2D eigenvalue weighted by Crippen LogP contribution is -2.19. The van der Waals surface area contributed by atoms with Crippen LogP contribution in [0.2, 0.25) is 5.02 Å². The first kappa shape index (κ1) is 10.3. The van der Waals surface area contributed by atoms with Crippen molar-refractivity contribution in [3.63, 3.8) is 0 Å². The second-order valence-electron chi connectivity index (χ2n) is 3.40. The summed E-state index contributed by atoms with van der Waals surface area (Å²) in [6.45, 7) is 4.06. The van der Waals surface area contributed by atoms with Crippen molar-refractivity contribution >= 4 is 17.3 Å². The van der Waals surface area contributed by atoms with Crippen molar-refractivity contribution in [3.05, 3.63) is 23.0 Å². The second-order valence-corrected chi connectivity index (χ2v) is 3.83. The highest BCUT2D eigenvalue weighted by atomic mass is 35.5. The Bertz CT molecular complexity index is 299. The maximum Gasteiger partial charge on any atom is 0.0803 e. The molecule has 3 nitrogen and oxygen atoms in total. The Kier molecular flexibility index (Phi) is 3.12. The van der Waals surface area contributed by atoms with Crippen LogP contribution in [0.3, 0.4) is 0 Å². The number of aromatic nitrogens is 1. The second kappa shape index (κ2) is 3.94. The molecule has 72 valence electrons. The quantitative estimate of drug-likeness (QED) is 0.766. The zero-order valence-electron chi connectivity index (χ0n) is 7.79. The third kappa shape index (κ3) is 2.32. The van der Waals surface area contributed by atoms with Crippen molar-refractivity contribution in [1.29, 1.82) is 0 Å². The molecule has 0 saturated carbocycles. The highest BCUT2D eigenvalue weighted by molar-refractivity contribution is 6.30. The number of halogens is 1. The molecule has 1 atom stereocenters. The van der Waals surface area contributed by atoms with Gasteiger partial charge in [-0.1, -0.05) is 25.4 Å². The highest BCUT2D eigenvalue weighted by Crippen LogP contribution is 2.24. The Hall–Kier alpha value is -0.800. The van der Waals surface area contributed by atoms with E-state index < -0.39 is 0 Å². The van der Waals surface area contributed by atoms with Crippen LogP contribution < -0.4 is 11.5 Å². The minimum atomic E-state index is -0.128. The standard InChI is InChI=1S/C9H14ClN3/c1-5(2)8(12)9-7(11)3-6(10)4-13-9/h3-5,8H,11-12H2,1-2H3/t8-/m1/s1. The fourth-order valence-electron chi connectivity index (χ4n) is 1.06. The molecule has 0 unspecified atom stereocenters. The van der Waals surface area contributed by atoms with Gasteiger partial charge in [-0.25, -0.2) is 0 Å². The molecule has 0 aliphatic rings. The van der Waals surface area contributed by atoms with E-state index in [4.69, 9.17) is 23.1 Å². The van der Waals surface area contributed by atoms with Crippen LogP contribution >= 0.6 is 11.6 Å². The van der Waals surface area contributed by atoms with E-state index in [0.29, 0.717) is 16.6 Å². The van der Waals surface area contributed by atoms with E-state index in [-0.39, 0.29) is 6.04 Å². The number of rotatable bonds is 2.